The lowest BCUT2D eigenvalue weighted by molar-refractivity contribution is 0.0692. The number of para-hydroxylation sites is 1. The Bertz CT molecular complexity index is 505. The topological polar surface area (TPSA) is 49.8 Å². The number of nitrogens with zero attached hydrogens (tertiary/aromatic N) is 1. The average molecular weight is 279 g/mol. The lowest BCUT2D eigenvalue weighted by atomic mass is 10.1. The summed E-state index contributed by atoms with van der Waals surface area (Å²) in [5.41, 5.74) is 1.20. The van der Waals surface area contributed by atoms with Crippen LogP contribution in [-0.4, -0.2) is 41.3 Å². The molecule has 0 spiro atoms. The van der Waals surface area contributed by atoms with Crippen molar-refractivity contribution in [3.8, 4) is 5.75 Å². The van der Waals surface area contributed by atoms with Crippen molar-refractivity contribution < 1.29 is 14.6 Å². The number of hydrogen-bond donors (Lipinski definition) is 1. The van der Waals surface area contributed by atoms with E-state index in [9.17, 15) is 9.90 Å². The van der Waals surface area contributed by atoms with Crippen LogP contribution in [-0.2, 0) is 0 Å². The van der Waals surface area contributed by atoms with E-state index in [1.54, 1.807) is 12.1 Å². The first kappa shape index (κ1) is 12.7. The summed E-state index contributed by atoms with van der Waals surface area (Å²) in [5, 5.41) is 9.91. The number of thioether (sulfide) groups is 1. The van der Waals surface area contributed by atoms with Crippen LogP contribution in [0.2, 0.25) is 0 Å². The minimum Gasteiger partial charge on any atom is -0.489 e. The number of benzene rings is 1. The highest BCUT2D eigenvalue weighted by molar-refractivity contribution is 8.00. The number of hydrogen-bond acceptors (Lipinski definition) is 4. The van der Waals surface area contributed by atoms with Crippen molar-refractivity contribution in [1.82, 2.24) is 0 Å². The van der Waals surface area contributed by atoms with Gasteiger partial charge < -0.3 is 14.7 Å². The zero-order valence-electron chi connectivity index (χ0n) is 10.8. The van der Waals surface area contributed by atoms with Crippen LogP contribution in [0.5, 0.6) is 5.75 Å². The third kappa shape index (κ3) is 2.27. The molecule has 0 aliphatic carbocycles. The van der Waals surface area contributed by atoms with E-state index in [4.69, 9.17) is 4.74 Å². The highest BCUT2D eigenvalue weighted by Gasteiger charge is 2.32. The van der Waals surface area contributed by atoms with Gasteiger partial charge in [0, 0.05) is 17.0 Å². The number of anilines is 1. The minimum atomic E-state index is -0.923. The van der Waals surface area contributed by atoms with Crippen LogP contribution in [0.15, 0.2) is 18.2 Å². The van der Waals surface area contributed by atoms with Gasteiger partial charge in [0.05, 0.1) is 12.2 Å². The van der Waals surface area contributed by atoms with Gasteiger partial charge in [-0.1, -0.05) is 13.0 Å². The maximum Gasteiger partial charge on any atom is 0.339 e. The van der Waals surface area contributed by atoms with Crippen molar-refractivity contribution in [3.05, 3.63) is 23.8 Å². The van der Waals surface area contributed by atoms with Gasteiger partial charge in [0.2, 0.25) is 0 Å². The quantitative estimate of drug-likeness (QED) is 0.901. The number of aromatic carboxylic acids is 1. The molecule has 2 atom stereocenters. The molecule has 1 fully saturated rings. The van der Waals surface area contributed by atoms with Gasteiger partial charge in [-0.25, -0.2) is 4.79 Å². The highest BCUT2D eigenvalue weighted by atomic mass is 32.2. The van der Waals surface area contributed by atoms with E-state index in [0.29, 0.717) is 23.6 Å². The van der Waals surface area contributed by atoms with Gasteiger partial charge >= 0.3 is 5.97 Å². The SMILES string of the molecule is CC1CC(N2CCOc3c(C(=O)O)cccc32)CS1. The predicted octanol–water partition coefficient (Wildman–Crippen LogP) is 2.48. The van der Waals surface area contributed by atoms with E-state index in [1.807, 2.05) is 17.8 Å². The lowest BCUT2D eigenvalue weighted by Gasteiger charge is -2.36. The number of ether oxygens (including phenoxy) is 1. The Balaban J connectivity index is 1.96. The second-order valence-corrected chi connectivity index (χ2v) is 6.51. The molecule has 0 radical (unpaired) electrons. The molecule has 19 heavy (non-hydrogen) atoms. The Morgan fingerprint density at radius 3 is 3.05 bits per heavy atom. The molecule has 0 saturated carbocycles. The van der Waals surface area contributed by atoms with Crippen LogP contribution < -0.4 is 9.64 Å². The summed E-state index contributed by atoms with van der Waals surface area (Å²) in [5.74, 6) is 0.719. The van der Waals surface area contributed by atoms with Crippen LogP contribution in [0.3, 0.4) is 0 Å². The van der Waals surface area contributed by atoms with Gasteiger partial charge in [-0.15, -0.1) is 0 Å². The zero-order chi connectivity index (χ0) is 13.4. The maximum atomic E-state index is 11.3. The second-order valence-electron chi connectivity index (χ2n) is 5.03. The number of carboxylic acid groups (broad SMARTS) is 1. The van der Waals surface area contributed by atoms with Gasteiger partial charge in [0.15, 0.2) is 5.75 Å². The summed E-state index contributed by atoms with van der Waals surface area (Å²) in [6, 6.07) is 5.87. The second kappa shape index (κ2) is 4.96. The first-order valence-corrected chi connectivity index (χ1v) is 7.59. The maximum absolute atomic E-state index is 11.3. The van der Waals surface area contributed by atoms with Crippen LogP contribution in [0.25, 0.3) is 0 Å². The van der Waals surface area contributed by atoms with Gasteiger partial charge in [0.25, 0.3) is 0 Å². The summed E-state index contributed by atoms with van der Waals surface area (Å²) in [4.78, 5) is 13.6. The molecule has 2 aliphatic rings. The van der Waals surface area contributed by atoms with E-state index in [-0.39, 0.29) is 5.56 Å². The molecule has 2 unspecified atom stereocenters. The fraction of sp³-hybridized carbons (Fsp3) is 0.500. The van der Waals surface area contributed by atoms with E-state index >= 15 is 0 Å². The molecule has 102 valence electrons. The Morgan fingerprint density at radius 1 is 1.53 bits per heavy atom. The van der Waals surface area contributed by atoms with Crippen molar-refractivity contribution in [2.75, 3.05) is 23.8 Å². The van der Waals surface area contributed by atoms with Gasteiger partial charge in [-0.3, -0.25) is 0 Å². The highest BCUT2D eigenvalue weighted by Crippen LogP contribution is 2.39. The molecular weight excluding hydrogens is 262 g/mol. The van der Waals surface area contributed by atoms with Gasteiger partial charge in [-0.05, 0) is 18.6 Å². The molecule has 1 saturated heterocycles. The molecule has 5 heteroatoms. The molecule has 1 N–H and O–H groups in total. The number of carboxylic acids is 1. The molecule has 1 aromatic carbocycles. The molecule has 0 bridgehead atoms. The summed E-state index contributed by atoms with van der Waals surface area (Å²) < 4.78 is 5.60. The molecule has 4 nitrogen and oxygen atoms in total. The zero-order valence-corrected chi connectivity index (χ0v) is 11.7. The molecule has 0 aromatic heterocycles. The van der Waals surface area contributed by atoms with E-state index in [2.05, 4.69) is 11.8 Å². The third-order valence-corrected chi connectivity index (χ3v) is 5.07. The first-order valence-electron chi connectivity index (χ1n) is 6.54. The van der Waals surface area contributed by atoms with E-state index in [0.717, 1.165) is 24.4 Å². The fourth-order valence-corrected chi connectivity index (χ4v) is 4.05. The lowest BCUT2D eigenvalue weighted by Crippen LogP contribution is -2.41. The fourth-order valence-electron chi connectivity index (χ4n) is 2.83. The standard InChI is InChI=1S/C14H17NO3S/c1-9-7-10(8-19-9)15-5-6-18-13-11(14(16)17)3-2-4-12(13)15/h2-4,9-10H,5-8H2,1H3,(H,16,17). The Morgan fingerprint density at radius 2 is 2.37 bits per heavy atom. The summed E-state index contributed by atoms with van der Waals surface area (Å²) in [6.07, 6.45) is 1.15. The van der Waals surface area contributed by atoms with Crippen molar-refractivity contribution in [2.45, 2.75) is 24.6 Å². The smallest absolute Gasteiger partial charge is 0.339 e. The van der Waals surface area contributed by atoms with Gasteiger partial charge in [0.1, 0.15) is 12.2 Å². The predicted molar refractivity (Wildman–Crippen MR) is 76.6 cm³/mol. The van der Waals surface area contributed by atoms with Crippen molar-refractivity contribution in [3.63, 3.8) is 0 Å². The van der Waals surface area contributed by atoms with Crippen LogP contribution in [0, 0.1) is 0 Å². The van der Waals surface area contributed by atoms with Crippen LogP contribution in [0.1, 0.15) is 23.7 Å². The third-order valence-electron chi connectivity index (χ3n) is 3.73. The summed E-state index contributed by atoms with van der Waals surface area (Å²) >= 11 is 1.99. The molecule has 1 aromatic rings. The van der Waals surface area contributed by atoms with E-state index < -0.39 is 5.97 Å². The molecule has 2 aliphatic heterocycles. The number of fused-ring (bicyclic) bond motifs is 1. The Hall–Kier alpha value is -1.36. The Kier molecular flexibility index (Phi) is 3.31. The largest absolute Gasteiger partial charge is 0.489 e. The molecular formula is C14H17NO3S. The summed E-state index contributed by atoms with van der Waals surface area (Å²) in [7, 11) is 0. The number of rotatable bonds is 2. The van der Waals surface area contributed by atoms with Gasteiger partial charge in [-0.2, -0.15) is 11.8 Å². The molecule has 0 amide bonds. The van der Waals surface area contributed by atoms with Crippen LogP contribution >= 0.6 is 11.8 Å². The normalized spacial score (nSPS) is 25.8. The Labute approximate surface area is 116 Å². The van der Waals surface area contributed by atoms with Crippen LogP contribution in [0.4, 0.5) is 5.69 Å². The molecule has 2 heterocycles. The van der Waals surface area contributed by atoms with Crippen molar-refractivity contribution in [2.24, 2.45) is 0 Å². The van der Waals surface area contributed by atoms with E-state index in [1.165, 1.54) is 0 Å². The summed E-state index contributed by atoms with van der Waals surface area (Å²) in [6.45, 7) is 3.65. The first-order chi connectivity index (χ1) is 9.16. The monoisotopic (exact) mass is 279 g/mol. The number of carbonyl (C=O) groups is 1. The minimum absolute atomic E-state index is 0.265. The molecule has 3 rings (SSSR count). The van der Waals surface area contributed by atoms with Crippen molar-refractivity contribution >= 4 is 23.4 Å². The van der Waals surface area contributed by atoms with Crippen molar-refractivity contribution in [1.29, 1.82) is 0 Å². The average Bonchev–Trinajstić information content (AvgIpc) is 2.83.